The summed E-state index contributed by atoms with van der Waals surface area (Å²) in [4.78, 5) is 0. The Labute approximate surface area is 101 Å². The first-order valence-electron chi connectivity index (χ1n) is 5.45. The van der Waals surface area contributed by atoms with Crippen LogP contribution in [0.25, 0.3) is 5.69 Å². The van der Waals surface area contributed by atoms with Gasteiger partial charge in [-0.15, -0.1) is 0 Å². The fraction of sp³-hybridized carbons (Fsp3) is 0.286. The quantitative estimate of drug-likeness (QED) is 0.774. The third-order valence-electron chi connectivity index (χ3n) is 2.75. The van der Waals surface area contributed by atoms with Crippen LogP contribution in [-0.4, -0.2) is 10.8 Å². The highest BCUT2D eigenvalue weighted by atomic mass is 32.2. The smallest absolute Gasteiger partial charge is 0.0457 e. The second-order valence-electron chi connectivity index (χ2n) is 4.05. The minimum absolute atomic E-state index is 1.08. The minimum atomic E-state index is 1.08. The Hall–Kier alpha value is -1.15. The van der Waals surface area contributed by atoms with E-state index in [9.17, 15) is 0 Å². The van der Waals surface area contributed by atoms with Gasteiger partial charge in [0.1, 0.15) is 0 Å². The van der Waals surface area contributed by atoms with Crippen molar-refractivity contribution in [3.63, 3.8) is 0 Å². The molecule has 0 saturated heterocycles. The average Bonchev–Trinajstić information content (AvgIpc) is 2.59. The van der Waals surface area contributed by atoms with Gasteiger partial charge in [0.25, 0.3) is 0 Å². The largest absolute Gasteiger partial charge is 0.319 e. The highest BCUT2D eigenvalue weighted by Crippen LogP contribution is 2.19. The molecule has 16 heavy (non-hydrogen) atoms. The van der Waals surface area contributed by atoms with Crippen molar-refractivity contribution in [2.75, 3.05) is 6.26 Å². The summed E-state index contributed by atoms with van der Waals surface area (Å²) in [6.45, 7) is 4.29. The van der Waals surface area contributed by atoms with Gasteiger partial charge < -0.3 is 4.57 Å². The third-order valence-corrected chi connectivity index (χ3v) is 3.37. The summed E-state index contributed by atoms with van der Waals surface area (Å²) < 4.78 is 2.30. The first-order valence-corrected chi connectivity index (χ1v) is 6.85. The molecule has 0 amide bonds. The highest BCUT2D eigenvalue weighted by Gasteiger charge is 2.03. The van der Waals surface area contributed by atoms with Crippen molar-refractivity contribution in [1.82, 2.24) is 4.57 Å². The van der Waals surface area contributed by atoms with E-state index in [1.807, 2.05) is 11.8 Å². The first kappa shape index (κ1) is 11.3. The zero-order valence-corrected chi connectivity index (χ0v) is 10.8. The van der Waals surface area contributed by atoms with Crippen LogP contribution in [0.4, 0.5) is 0 Å². The minimum Gasteiger partial charge on any atom is -0.319 e. The number of nitrogens with zero attached hydrogens (tertiary/aromatic N) is 1. The third kappa shape index (κ3) is 2.17. The number of aromatic nitrogens is 1. The molecule has 0 aliphatic carbocycles. The van der Waals surface area contributed by atoms with Crippen molar-refractivity contribution < 1.29 is 0 Å². The van der Waals surface area contributed by atoms with Crippen molar-refractivity contribution in [3.8, 4) is 5.69 Å². The van der Waals surface area contributed by atoms with E-state index >= 15 is 0 Å². The van der Waals surface area contributed by atoms with Crippen molar-refractivity contribution in [2.24, 2.45) is 0 Å². The van der Waals surface area contributed by atoms with Crippen molar-refractivity contribution in [2.45, 2.75) is 19.6 Å². The van der Waals surface area contributed by atoms with E-state index in [0.29, 0.717) is 0 Å². The van der Waals surface area contributed by atoms with E-state index in [4.69, 9.17) is 0 Å². The summed E-state index contributed by atoms with van der Waals surface area (Å²) in [6.07, 6.45) is 2.14. The molecule has 0 spiro atoms. The van der Waals surface area contributed by atoms with Crippen LogP contribution in [0, 0.1) is 13.8 Å². The molecule has 0 radical (unpaired) electrons. The lowest BCUT2D eigenvalue weighted by molar-refractivity contribution is 0.963. The molecular formula is C14H17NS. The van der Waals surface area contributed by atoms with Crippen LogP contribution in [0.15, 0.2) is 36.4 Å². The van der Waals surface area contributed by atoms with Crippen LogP contribution in [0.2, 0.25) is 0 Å². The van der Waals surface area contributed by atoms with E-state index in [2.05, 4.69) is 61.1 Å². The van der Waals surface area contributed by atoms with Crippen LogP contribution in [-0.2, 0) is 5.75 Å². The molecule has 0 bridgehead atoms. The molecule has 1 aromatic carbocycles. The lowest BCUT2D eigenvalue weighted by atomic mass is 10.2. The summed E-state index contributed by atoms with van der Waals surface area (Å²) in [5.74, 6) is 1.08. The molecule has 1 heterocycles. The SMILES string of the molecule is CSCc1cccc(-n2c(C)ccc2C)c1. The van der Waals surface area contributed by atoms with Gasteiger partial charge in [-0.25, -0.2) is 0 Å². The normalized spacial score (nSPS) is 10.7. The Morgan fingerprint density at radius 2 is 1.75 bits per heavy atom. The van der Waals surface area contributed by atoms with Gasteiger partial charge in [0.15, 0.2) is 0 Å². The zero-order valence-electron chi connectivity index (χ0n) is 10.0. The fourth-order valence-electron chi connectivity index (χ4n) is 2.03. The van der Waals surface area contributed by atoms with E-state index in [1.54, 1.807) is 0 Å². The number of thioether (sulfide) groups is 1. The average molecular weight is 231 g/mol. The number of aryl methyl sites for hydroxylation is 2. The molecule has 84 valence electrons. The lowest BCUT2D eigenvalue weighted by Gasteiger charge is -2.10. The molecule has 0 saturated carbocycles. The summed E-state index contributed by atoms with van der Waals surface area (Å²) in [5, 5.41) is 0. The van der Waals surface area contributed by atoms with Crippen LogP contribution in [0.3, 0.4) is 0 Å². The van der Waals surface area contributed by atoms with Crippen LogP contribution in [0.5, 0.6) is 0 Å². The molecule has 2 rings (SSSR count). The molecular weight excluding hydrogens is 214 g/mol. The van der Waals surface area contributed by atoms with Crippen molar-refractivity contribution >= 4 is 11.8 Å². The van der Waals surface area contributed by atoms with E-state index in [-0.39, 0.29) is 0 Å². The fourth-order valence-corrected chi connectivity index (χ4v) is 2.54. The summed E-state index contributed by atoms with van der Waals surface area (Å²) in [5.41, 5.74) is 5.24. The zero-order chi connectivity index (χ0) is 11.5. The predicted octanol–water partition coefficient (Wildman–Crippen LogP) is 3.96. The van der Waals surface area contributed by atoms with E-state index in [0.717, 1.165) is 5.75 Å². The summed E-state index contributed by atoms with van der Waals surface area (Å²) in [7, 11) is 0. The maximum absolute atomic E-state index is 2.30. The first-order chi connectivity index (χ1) is 7.72. The topological polar surface area (TPSA) is 4.93 Å². The maximum Gasteiger partial charge on any atom is 0.0457 e. The van der Waals surface area contributed by atoms with Gasteiger partial charge in [-0.3, -0.25) is 0 Å². The van der Waals surface area contributed by atoms with E-state index < -0.39 is 0 Å². The summed E-state index contributed by atoms with van der Waals surface area (Å²) in [6, 6.07) is 13.1. The molecule has 0 N–H and O–H groups in total. The lowest BCUT2D eigenvalue weighted by Crippen LogP contribution is -1.99. The summed E-state index contributed by atoms with van der Waals surface area (Å²) >= 11 is 1.86. The number of hydrogen-bond donors (Lipinski definition) is 0. The van der Waals surface area contributed by atoms with Crippen molar-refractivity contribution in [3.05, 3.63) is 53.3 Å². The Kier molecular flexibility index (Phi) is 3.39. The number of benzene rings is 1. The molecule has 0 unspecified atom stereocenters. The maximum atomic E-state index is 2.30. The second kappa shape index (κ2) is 4.79. The molecule has 1 nitrogen and oxygen atoms in total. The molecule has 0 fully saturated rings. The van der Waals surface area contributed by atoms with Gasteiger partial charge in [-0.2, -0.15) is 11.8 Å². The van der Waals surface area contributed by atoms with Crippen LogP contribution < -0.4 is 0 Å². The molecule has 1 aromatic heterocycles. The molecule has 0 atom stereocenters. The Balaban J connectivity index is 2.44. The van der Waals surface area contributed by atoms with Gasteiger partial charge in [-0.05, 0) is 49.9 Å². The highest BCUT2D eigenvalue weighted by molar-refractivity contribution is 7.97. The Bertz CT molecular complexity index is 466. The van der Waals surface area contributed by atoms with Crippen LogP contribution in [0.1, 0.15) is 17.0 Å². The van der Waals surface area contributed by atoms with Crippen LogP contribution >= 0.6 is 11.8 Å². The Morgan fingerprint density at radius 1 is 1.06 bits per heavy atom. The molecule has 0 aliphatic rings. The second-order valence-corrected chi connectivity index (χ2v) is 4.92. The van der Waals surface area contributed by atoms with Gasteiger partial charge in [0.2, 0.25) is 0 Å². The molecule has 0 aliphatic heterocycles. The predicted molar refractivity (Wildman–Crippen MR) is 72.5 cm³/mol. The Morgan fingerprint density at radius 3 is 2.38 bits per heavy atom. The number of hydrogen-bond acceptors (Lipinski definition) is 1. The van der Waals surface area contributed by atoms with E-state index in [1.165, 1.54) is 22.6 Å². The molecule has 2 aromatic rings. The van der Waals surface area contributed by atoms with Gasteiger partial charge >= 0.3 is 0 Å². The van der Waals surface area contributed by atoms with Gasteiger partial charge in [-0.1, -0.05) is 12.1 Å². The van der Waals surface area contributed by atoms with Gasteiger partial charge in [0.05, 0.1) is 0 Å². The van der Waals surface area contributed by atoms with Gasteiger partial charge in [0, 0.05) is 22.8 Å². The molecule has 2 heteroatoms. The standard InChI is InChI=1S/C14H17NS/c1-11-7-8-12(2)15(11)14-6-4-5-13(9-14)10-16-3/h4-9H,10H2,1-3H3. The number of rotatable bonds is 3. The van der Waals surface area contributed by atoms with Crippen molar-refractivity contribution in [1.29, 1.82) is 0 Å². The monoisotopic (exact) mass is 231 g/mol.